The molecule has 0 amide bonds. The van der Waals surface area contributed by atoms with Crippen LogP contribution < -0.4 is 0 Å². The predicted molar refractivity (Wildman–Crippen MR) is 74.3 cm³/mol. The molecule has 4 heteroatoms. The molecule has 0 bridgehead atoms. The van der Waals surface area contributed by atoms with Crippen molar-refractivity contribution in [2.75, 3.05) is 0 Å². The van der Waals surface area contributed by atoms with Gasteiger partial charge in [-0.15, -0.1) is 0 Å². The molecule has 4 nitrogen and oxygen atoms in total. The number of aromatic nitrogens is 2. The van der Waals surface area contributed by atoms with E-state index >= 15 is 0 Å². The van der Waals surface area contributed by atoms with Crippen molar-refractivity contribution in [3.63, 3.8) is 0 Å². The van der Waals surface area contributed by atoms with Crippen molar-refractivity contribution in [1.82, 2.24) is 10.1 Å². The lowest BCUT2D eigenvalue weighted by atomic mass is 10.1. The number of aryl methyl sites for hydroxylation is 1. The van der Waals surface area contributed by atoms with Gasteiger partial charge in [0.15, 0.2) is 0 Å². The van der Waals surface area contributed by atoms with Crippen molar-refractivity contribution in [2.24, 2.45) is 0 Å². The van der Waals surface area contributed by atoms with Gasteiger partial charge in [0.1, 0.15) is 0 Å². The van der Waals surface area contributed by atoms with Gasteiger partial charge in [0.05, 0.1) is 0 Å². The Kier molecular flexibility index (Phi) is 3.13. The number of benzene rings is 2. The van der Waals surface area contributed by atoms with Crippen LogP contribution in [-0.4, -0.2) is 15.9 Å². The fraction of sp³-hybridized carbons (Fsp3) is 0.0625. The van der Waals surface area contributed by atoms with Crippen molar-refractivity contribution < 1.29 is 9.32 Å². The number of carbonyl (C=O) groups excluding carboxylic acids is 1. The number of hydrogen-bond donors (Lipinski definition) is 0. The van der Waals surface area contributed by atoms with Crippen LogP contribution in [0.1, 0.15) is 21.7 Å². The largest absolute Gasteiger partial charge is 0.333 e. The predicted octanol–water partition coefficient (Wildman–Crippen LogP) is 3.28. The summed E-state index contributed by atoms with van der Waals surface area (Å²) in [4.78, 5) is 16.4. The Morgan fingerprint density at radius 3 is 2.45 bits per heavy atom. The summed E-state index contributed by atoms with van der Waals surface area (Å²) in [6.07, 6.45) is 0. The Hall–Kier alpha value is -2.75. The number of ketones is 1. The molecule has 20 heavy (non-hydrogen) atoms. The van der Waals surface area contributed by atoms with Crippen LogP contribution in [-0.2, 0) is 0 Å². The van der Waals surface area contributed by atoms with Crippen LogP contribution in [0.3, 0.4) is 0 Å². The summed E-state index contributed by atoms with van der Waals surface area (Å²) >= 11 is 0. The molecule has 0 radical (unpaired) electrons. The number of carbonyl (C=O) groups is 1. The first-order chi connectivity index (χ1) is 9.75. The van der Waals surface area contributed by atoms with E-state index < -0.39 is 0 Å². The summed E-state index contributed by atoms with van der Waals surface area (Å²) in [6.45, 7) is 1.96. The molecule has 2 aromatic carbocycles. The fourth-order valence-corrected chi connectivity index (χ4v) is 1.96. The monoisotopic (exact) mass is 264 g/mol. The molecule has 0 unspecified atom stereocenters. The van der Waals surface area contributed by atoms with E-state index in [1.807, 2.05) is 37.3 Å². The van der Waals surface area contributed by atoms with Crippen LogP contribution in [0.15, 0.2) is 59.1 Å². The van der Waals surface area contributed by atoms with Crippen LogP contribution in [0.2, 0.25) is 0 Å². The molecule has 0 spiro atoms. The molecule has 1 heterocycles. The minimum atomic E-state index is -0.241. The summed E-state index contributed by atoms with van der Waals surface area (Å²) in [5, 5.41) is 3.77. The van der Waals surface area contributed by atoms with Crippen molar-refractivity contribution in [2.45, 2.75) is 6.92 Å². The Bertz CT molecular complexity index is 748. The van der Waals surface area contributed by atoms with Crippen LogP contribution in [0, 0.1) is 6.92 Å². The first-order valence-electron chi connectivity index (χ1n) is 6.25. The van der Waals surface area contributed by atoms with E-state index in [9.17, 15) is 4.79 Å². The van der Waals surface area contributed by atoms with Gasteiger partial charge in [0, 0.05) is 11.1 Å². The highest BCUT2D eigenvalue weighted by Crippen LogP contribution is 2.21. The molecule has 0 aliphatic rings. The third kappa shape index (κ3) is 2.23. The molecule has 0 atom stereocenters. The van der Waals surface area contributed by atoms with Crippen molar-refractivity contribution in [3.05, 3.63) is 71.5 Å². The van der Waals surface area contributed by atoms with Crippen LogP contribution in [0.25, 0.3) is 11.5 Å². The van der Waals surface area contributed by atoms with E-state index in [1.54, 1.807) is 24.3 Å². The van der Waals surface area contributed by atoms with Gasteiger partial charge in [-0.05, 0) is 18.6 Å². The van der Waals surface area contributed by atoms with Crippen molar-refractivity contribution in [3.8, 4) is 11.5 Å². The smallest absolute Gasteiger partial charge is 0.258 e. The van der Waals surface area contributed by atoms with Gasteiger partial charge in [-0.1, -0.05) is 53.7 Å². The van der Waals surface area contributed by atoms with Gasteiger partial charge >= 0.3 is 0 Å². The van der Waals surface area contributed by atoms with Gasteiger partial charge < -0.3 is 4.52 Å². The number of nitrogens with zero attached hydrogens (tertiary/aromatic N) is 2. The third-order valence-electron chi connectivity index (χ3n) is 3.04. The van der Waals surface area contributed by atoms with Crippen LogP contribution in [0.4, 0.5) is 0 Å². The average Bonchev–Trinajstić information content (AvgIpc) is 2.97. The maximum absolute atomic E-state index is 12.2. The standard InChI is InChI=1S/C16H12N2O2/c1-11-7-5-6-10-13(11)16-17-15(18-20-16)14(19)12-8-3-2-4-9-12/h2-10H,1H3. The highest BCUT2D eigenvalue weighted by Gasteiger charge is 2.17. The number of rotatable bonds is 3. The Balaban J connectivity index is 1.95. The van der Waals surface area contributed by atoms with Gasteiger partial charge in [0.2, 0.25) is 11.6 Å². The second-order valence-electron chi connectivity index (χ2n) is 4.43. The molecule has 0 fully saturated rings. The molecule has 1 aromatic heterocycles. The minimum absolute atomic E-state index is 0.0782. The Labute approximate surface area is 116 Å². The first kappa shape index (κ1) is 12.3. The SMILES string of the molecule is Cc1ccccc1-c1nc(C(=O)c2ccccc2)no1. The molecular weight excluding hydrogens is 252 g/mol. The van der Waals surface area contributed by atoms with Gasteiger partial charge in [-0.2, -0.15) is 4.98 Å². The topological polar surface area (TPSA) is 56.0 Å². The first-order valence-corrected chi connectivity index (χ1v) is 6.25. The lowest BCUT2D eigenvalue weighted by Gasteiger charge is -1.97. The zero-order chi connectivity index (χ0) is 13.9. The summed E-state index contributed by atoms with van der Waals surface area (Å²) in [7, 11) is 0. The summed E-state index contributed by atoms with van der Waals surface area (Å²) < 4.78 is 5.19. The van der Waals surface area contributed by atoms with Crippen molar-refractivity contribution >= 4 is 5.78 Å². The zero-order valence-corrected chi connectivity index (χ0v) is 10.9. The molecule has 98 valence electrons. The Morgan fingerprint density at radius 2 is 1.70 bits per heavy atom. The van der Waals surface area contributed by atoms with E-state index in [1.165, 1.54) is 0 Å². The normalized spacial score (nSPS) is 10.4. The molecule has 0 aliphatic heterocycles. The lowest BCUT2D eigenvalue weighted by molar-refractivity contribution is 0.102. The lowest BCUT2D eigenvalue weighted by Crippen LogP contribution is -2.03. The minimum Gasteiger partial charge on any atom is -0.333 e. The molecule has 3 aromatic rings. The summed E-state index contributed by atoms with van der Waals surface area (Å²) in [6, 6.07) is 16.6. The molecule has 0 saturated heterocycles. The maximum Gasteiger partial charge on any atom is 0.258 e. The van der Waals surface area contributed by atoms with Crippen LogP contribution >= 0.6 is 0 Å². The van der Waals surface area contributed by atoms with Gasteiger partial charge in [0.25, 0.3) is 5.89 Å². The number of hydrogen-bond acceptors (Lipinski definition) is 4. The highest BCUT2D eigenvalue weighted by molar-refractivity contribution is 6.06. The second kappa shape index (κ2) is 5.09. The van der Waals surface area contributed by atoms with Crippen molar-refractivity contribution in [1.29, 1.82) is 0 Å². The molecule has 3 rings (SSSR count). The third-order valence-corrected chi connectivity index (χ3v) is 3.04. The fourth-order valence-electron chi connectivity index (χ4n) is 1.96. The molecule has 0 aliphatic carbocycles. The molecule has 0 N–H and O–H groups in total. The zero-order valence-electron chi connectivity index (χ0n) is 10.9. The average molecular weight is 264 g/mol. The van der Waals surface area contributed by atoms with E-state index in [0.717, 1.165) is 11.1 Å². The quantitative estimate of drug-likeness (QED) is 0.681. The van der Waals surface area contributed by atoms with Crippen LogP contribution in [0.5, 0.6) is 0 Å². The highest BCUT2D eigenvalue weighted by atomic mass is 16.5. The van der Waals surface area contributed by atoms with E-state index in [2.05, 4.69) is 10.1 Å². The van der Waals surface area contributed by atoms with E-state index in [-0.39, 0.29) is 11.6 Å². The van der Waals surface area contributed by atoms with Gasteiger partial charge in [-0.3, -0.25) is 4.79 Å². The van der Waals surface area contributed by atoms with Gasteiger partial charge in [-0.25, -0.2) is 0 Å². The molecule has 0 saturated carbocycles. The van der Waals surface area contributed by atoms with E-state index in [4.69, 9.17) is 4.52 Å². The maximum atomic E-state index is 12.2. The molecular formula is C16H12N2O2. The Morgan fingerprint density at radius 1 is 1.00 bits per heavy atom. The van der Waals surface area contributed by atoms with E-state index in [0.29, 0.717) is 11.5 Å². The summed E-state index contributed by atoms with van der Waals surface area (Å²) in [5.41, 5.74) is 2.41. The second-order valence-corrected chi connectivity index (χ2v) is 4.43. The summed E-state index contributed by atoms with van der Waals surface area (Å²) in [5.74, 6) is 0.200.